The Labute approximate surface area is 160 Å². The Kier molecular flexibility index (Phi) is 5.88. The van der Waals surface area contributed by atoms with Gasteiger partial charge in [-0.05, 0) is 36.4 Å². The van der Waals surface area contributed by atoms with E-state index in [0.717, 1.165) is 17.4 Å². The molecule has 0 radical (unpaired) electrons. The summed E-state index contributed by atoms with van der Waals surface area (Å²) in [6, 6.07) is 8.59. The summed E-state index contributed by atoms with van der Waals surface area (Å²) >= 11 is 1.12. The van der Waals surface area contributed by atoms with Gasteiger partial charge in [-0.3, -0.25) is 20.4 Å². The van der Waals surface area contributed by atoms with E-state index in [9.17, 15) is 22.4 Å². The van der Waals surface area contributed by atoms with Gasteiger partial charge in [0.15, 0.2) is 0 Å². The Hall–Kier alpha value is -2.30. The number of benzene rings is 1. The minimum absolute atomic E-state index is 0.0294. The van der Waals surface area contributed by atoms with Gasteiger partial charge < -0.3 is 0 Å². The van der Waals surface area contributed by atoms with E-state index in [1.807, 2.05) is 0 Å². The number of amides is 2. The van der Waals surface area contributed by atoms with Crippen LogP contribution in [0.1, 0.15) is 23.2 Å². The Morgan fingerprint density at radius 1 is 1.15 bits per heavy atom. The molecule has 1 atom stereocenters. The maximum atomic E-state index is 13.6. The highest BCUT2D eigenvalue weighted by Crippen LogP contribution is 2.26. The van der Waals surface area contributed by atoms with Crippen molar-refractivity contribution < 1.29 is 22.4 Å². The Morgan fingerprint density at radius 3 is 2.63 bits per heavy atom. The molecule has 0 unspecified atom stereocenters. The van der Waals surface area contributed by atoms with Gasteiger partial charge >= 0.3 is 0 Å². The van der Waals surface area contributed by atoms with Crippen LogP contribution in [0.25, 0.3) is 0 Å². The first-order chi connectivity index (χ1) is 12.9. The van der Waals surface area contributed by atoms with Crippen molar-refractivity contribution in [3.05, 3.63) is 53.2 Å². The number of piperidine rings is 1. The molecule has 0 spiro atoms. The van der Waals surface area contributed by atoms with Gasteiger partial charge in [-0.25, -0.2) is 12.8 Å². The summed E-state index contributed by atoms with van der Waals surface area (Å²) in [7, 11) is -3.63. The van der Waals surface area contributed by atoms with Crippen molar-refractivity contribution >= 4 is 33.2 Å². The van der Waals surface area contributed by atoms with E-state index in [-0.39, 0.29) is 16.3 Å². The van der Waals surface area contributed by atoms with Crippen molar-refractivity contribution in [2.75, 3.05) is 13.1 Å². The molecule has 1 aromatic carbocycles. The normalized spacial score (nSPS) is 18.0. The number of carbonyl (C=O) groups excluding carboxylic acids is 2. The van der Waals surface area contributed by atoms with E-state index in [4.69, 9.17) is 0 Å². The van der Waals surface area contributed by atoms with E-state index >= 15 is 0 Å². The first-order valence-corrected chi connectivity index (χ1v) is 10.6. The molecule has 10 heteroatoms. The lowest BCUT2D eigenvalue weighted by Gasteiger charge is -2.30. The zero-order chi connectivity index (χ0) is 19.4. The summed E-state index contributed by atoms with van der Waals surface area (Å²) in [5.74, 6) is -2.59. The lowest BCUT2D eigenvalue weighted by molar-refractivity contribution is -0.126. The monoisotopic (exact) mass is 411 g/mol. The van der Waals surface area contributed by atoms with Gasteiger partial charge in [0, 0.05) is 13.1 Å². The number of nitrogens with zero attached hydrogens (tertiary/aromatic N) is 1. The van der Waals surface area contributed by atoms with Crippen LogP contribution in [-0.2, 0) is 14.8 Å². The zero-order valence-corrected chi connectivity index (χ0v) is 15.9. The van der Waals surface area contributed by atoms with Crippen LogP contribution in [0.4, 0.5) is 4.39 Å². The van der Waals surface area contributed by atoms with Gasteiger partial charge in [0.05, 0.1) is 11.5 Å². The van der Waals surface area contributed by atoms with Crippen molar-refractivity contribution in [3.8, 4) is 0 Å². The molecule has 0 saturated carbocycles. The number of carbonyl (C=O) groups is 2. The van der Waals surface area contributed by atoms with Crippen LogP contribution in [-0.4, -0.2) is 37.6 Å². The molecule has 2 N–H and O–H groups in total. The van der Waals surface area contributed by atoms with Crippen LogP contribution >= 0.6 is 11.3 Å². The minimum Gasteiger partial charge on any atom is -0.273 e. The molecule has 2 amide bonds. The summed E-state index contributed by atoms with van der Waals surface area (Å²) in [5.41, 5.74) is 4.24. The second-order valence-electron chi connectivity index (χ2n) is 6.06. The van der Waals surface area contributed by atoms with Crippen molar-refractivity contribution in [3.63, 3.8) is 0 Å². The number of rotatable bonds is 4. The Balaban J connectivity index is 1.60. The first-order valence-electron chi connectivity index (χ1n) is 8.28. The fourth-order valence-electron chi connectivity index (χ4n) is 2.85. The van der Waals surface area contributed by atoms with Crippen LogP contribution in [0.15, 0.2) is 46.0 Å². The van der Waals surface area contributed by atoms with E-state index in [0.29, 0.717) is 19.4 Å². The van der Waals surface area contributed by atoms with Crippen LogP contribution in [0, 0.1) is 11.7 Å². The molecular weight excluding hydrogens is 393 g/mol. The average molecular weight is 411 g/mol. The third-order valence-corrected chi connectivity index (χ3v) is 7.50. The zero-order valence-electron chi connectivity index (χ0n) is 14.2. The predicted molar refractivity (Wildman–Crippen MR) is 97.8 cm³/mol. The standard InChI is InChI=1S/C17H18FN3O4S2/c18-14-7-2-1-6-13(14)17(23)20-19-16(22)12-5-3-9-21(11-12)27(24,25)15-8-4-10-26-15/h1-2,4,6-8,10,12H,3,5,9,11H2,(H,19,22)(H,20,23)/t12-/m0/s1. The largest absolute Gasteiger partial charge is 0.273 e. The van der Waals surface area contributed by atoms with Gasteiger partial charge in [-0.2, -0.15) is 4.31 Å². The van der Waals surface area contributed by atoms with Gasteiger partial charge in [-0.15, -0.1) is 11.3 Å². The molecule has 7 nitrogen and oxygen atoms in total. The molecule has 144 valence electrons. The van der Waals surface area contributed by atoms with E-state index in [1.165, 1.54) is 28.6 Å². The smallest absolute Gasteiger partial charge is 0.272 e. The molecule has 1 aliphatic rings. The van der Waals surface area contributed by atoms with Crippen molar-refractivity contribution in [1.82, 2.24) is 15.2 Å². The summed E-state index contributed by atoms with van der Waals surface area (Å²) in [4.78, 5) is 24.3. The molecule has 1 aromatic heterocycles. The van der Waals surface area contributed by atoms with Crippen LogP contribution in [0.5, 0.6) is 0 Å². The lowest BCUT2D eigenvalue weighted by atomic mass is 9.99. The fraction of sp³-hybridized carbons (Fsp3) is 0.294. The Bertz CT molecular complexity index is 931. The number of hydrazine groups is 1. The number of thiophene rings is 1. The van der Waals surface area contributed by atoms with Crippen LogP contribution in [0.2, 0.25) is 0 Å². The highest BCUT2D eigenvalue weighted by Gasteiger charge is 2.34. The molecule has 0 aliphatic carbocycles. The van der Waals surface area contributed by atoms with E-state index in [2.05, 4.69) is 10.9 Å². The Morgan fingerprint density at radius 2 is 1.93 bits per heavy atom. The summed E-state index contributed by atoms with van der Waals surface area (Å²) in [5, 5.41) is 1.68. The number of nitrogens with one attached hydrogen (secondary N) is 2. The molecule has 27 heavy (non-hydrogen) atoms. The van der Waals surface area contributed by atoms with Gasteiger partial charge in [0.1, 0.15) is 10.0 Å². The number of hydrogen-bond acceptors (Lipinski definition) is 5. The van der Waals surface area contributed by atoms with Gasteiger partial charge in [0.25, 0.3) is 15.9 Å². The first kappa shape index (κ1) is 19.5. The van der Waals surface area contributed by atoms with Crippen molar-refractivity contribution in [2.45, 2.75) is 17.1 Å². The number of sulfonamides is 1. The van der Waals surface area contributed by atoms with E-state index in [1.54, 1.807) is 11.4 Å². The molecule has 1 aliphatic heterocycles. The third kappa shape index (κ3) is 4.34. The molecule has 1 saturated heterocycles. The summed E-state index contributed by atoms with van der Waals surface area (Å²) < 4.78 is 40.3. The van der Waals surface area contributed by atoms with Gasteiger partial charge in [0.2, 0.25) is 5.91 Å². The van der Waals surface area contributed by atoms with Gasteiger partial charge in [-0.1, -0.05) is 18.2 Å². The maximum Gasteiger partial charge on any atom is 0.272 e. The van der Waals surface area contributed by atoms with Crippen molar-refractivity contribution in [2.24, 2.45) is 5.92 Å². The molecule has 1 fully saturated rings. The van der Waals surface area contributed by atoms with Crippen molar-refractivity contribution in [1.29, 1.82) is 0 Å². The van der Waals surface area contributed by atoms with E-state index < -0.39 is 33.6 Å². The SMILES string of the molecule is O=C(NNC(=O)[C@H]1CCCN(S(=O)(=O)c2cccs2)C1)c1ccccc1F. The third-order valence-electron chi connectivity index (χ3n) is 4.26. The number of halogens is 1. The molecule has 3 rings (SSSR count). The predicted octanol–water partition coefficient (Wildman–Crippen LogP) is 1.75. The summed E-state index contributed by atoms with van der Waals surface area (Å²) in [6.07, 6.45) is 1.03. The topological polar surface area (TPSA) is 95.6 Å². The summed E-state index contributed by atoms with van der Waals surface area (Å²) in [6.45, 7) is 0.368. The molecule has 0 bridgehead atoms. The van der Waals surface area contributed by atoms with Crippen LogP contribution < -0.4 is 10.9 Å². The molecule has 2 heterocycles. The second-order valence-corrected chi connectivity index (χ2v) is 9.17. The molecule has 2 aromatic rings. The maximum absolute atomic E-state index is 13.6. The number of hydrogen-bond donors (Lipinski definition) is 2. The molecular formula is C17H18FN3O4S2. The average Bonchev–Trinajstić information content (AvgIpc) is 3.22. The lowest BCUT2D eigenvalue weighted by Crippen LogP contribution is -2.50. The highest BCUT2D eigenvalue weighted by atomic mass is 32.2. The van der Waals surface area contributed by atoms with Crippen LogP contribution in [0.3, 0.4) is 0 Å². The second kappa shape index (κ2) is 8.15. The fourth-order valence-corrected chi connectivity index (χ4v) is 5.51. The highest BCUT2D eigenvalue weighted by molar-refractivity contribution is 7.91. The minimum atomic E-state index is -3.63. The quantitative estimate of drug-likeness (QED) is 0.750.